The van der Waals surface area contributed by atoms with Crippen LogP contribution in [0.3, 0.4) is 0 Å². The molecule has 1 amide bonds. The molecule has 0 aliphatic carbocycles. The minimum absolute atomic E-state index is 0.145. The van der Waals surface area contributed by atoms with Crippen LogP contribution in [0.5, 0.6) is 0 Å². The lowest BCUT2D eigenvalue weighted by Crippen LogP contribution is -2.35. The molecule has 0 saturated heterocycles. The first-order chi connectivity index (χ1) is 9.42. The lowest BCUT2D eigenvalue weighted by Gasteiger charge is -2.24. The van der Waals surface area contributed by atoms with Crippen LogP contribution in [0.4, 0.5) is 11.4 Å². The summed E-state index contributed by atoms with van der Waals surface area (Å²) in [7, 11) is 3.21. The zero-order chi connectivity index (χ0) is 15.3. The van der Waals surface area contributed by atoms with E-state index in [0.717, 1.165) is 0 Å². The van der Waals surface area contributed by atoms with Crippen molar-refractivity contribution in [1.29, 1.82) is 5.26 Å². The third-order valence-electron chi connectivity index (χ3n) is 3.08. The molecule has 0 saturated carbocycles. The Morgan fingerprint density at radius 2 is 2.25 bits per heavy atom. The molecule has 1 aromatic carbocycles. The van der Waals surface area contributed by atoms with Crippen molar-refractivity contribution in [2.75, 3.05) is 19.4 Å². The Bertz CT molecular complexity index is 565. The standard InChI is InChI=1S/C13H16N4O3/c1-9(6-7-14)16(3)13(18)11-8-10(17(19)20)4-5-12(11)15-2/h4-5,8-9,15H,6H2,1-3H3. The predicted molar refractivity (Wildman–Crippen MR) is 74.4 cm³/mol. The van der Waals surface area contributed by atoms with E-state index in [9.17, 15) is 14.9 Å². The third kappa shape index (κ3) is 3.23. The fourth-order valence-corrected chi connectivity index (χ4v) is 1.70. The Morgan fingerprint density at radius 3 is 2.75 bits per heavy atom. The van der Waals surface area contributed by atoms with Crippen LogP contribution in [0.25, 0.3) is 0 Å². The number of rotatable bonds is 5. The molecule has 0 radical (unpaired) electrons. The zero-order valence-corrected chi connectivity index (χ0v) is 11.6. The number of benzene rings is 1. The summed E-state index contributed by atoms with van der Waals surface area (Å²) in [5.74, 6) is -0.360. The molecule has 0 aromatic heterocycles. The highest BCUT2D eigenvalue weighted by Crippen LogP contribution is 2.23. The van der Waals surface area contributed by atoms with E-state index in [1.807, 2.05) is 6.07 Å². The van der Waals surface area contributed by atoms with Gasteiger partial charge in [0, 0.05) is 38.0 Å². The van der Waals surface area contributed by atoms with Gasteiger partial charge in [0.15, 0.2) is 0 Å². The third-order valence-corrected chi connectivity index (χ3v) is 3.08. The average molecular weight is 276 g/mol. The highest BCUT2D eigenvalue weighted by Gasteiger charge is 2.22. The number of nitro groups is 1. The van der Waals surface area contributed by atoms with E-state index < -0.39 is 4.92 Å². The maximum absolute atomic E-state index is 12.4. The molecular weight excluding hydrogens is 260 g/mol. The first kappa shape index (κ1) is 15.4. The van der Waals surface area contributed by atoms with Crippen molar-refractivity contribution >= 4 is 17.3 Å². The Balaban J connectivity index is 3.16. The monoisotopic (exact) mass is 276 g/mol. The van der Waals surface area contributed by atoms with Crippen molar-refractivity contribution in [3.05, 3.63) is 33.9 Å². The quantitative estimate of drug-likeness (QED) is 0.655. The lowest BCUT2D eigenvalue weighted by molar-refractivity contribution is -0.384. The molecule has 7 nitrogen and oxygen atoms in total. The largest absolute Gasteiger partial charge is 0.387 e. The number of nitriles is 1. The Morgan fingerprint density at radius 1 is 1.60 bits per heavy atom. The second-order valence-corrected chi connectivity index (χ2v) is 4.36. The minimum Gasteiger partial charge on any atom is -0.387 e. The van der Waals surface area contributed by atoms with E-state index in [1.54, 1.807) is 21.0 Å². The molecule has 1 aromatic rings. The normalized spacial score (nSPS) is 11.3. The van der Waals surface area contributed by atoms with Crippen molar-refractivity contribution in [2.24, 2.45) is 0 Å². The van der Waals surface area contributed by atoms with Crippen molar-refractivity contribution < 1.29 is 9.72 Å². The highest BCUT2D eigenvalue weighted by molar-refractivity contribution is 6.00. The topological polar surface area (TPSA) is 99.3 Å². The maximum Gasteiger partial charge on any atom is 0.270 e. The van der Waals surface area contributed by atoms with Gasteiger partial charge in [-0.05, 0) is 13.0 Å². The van der Waals surface area contributed by atoms with Crippen LogP contribution in [0.15, 0.2) is 18.2 Å². The maximum atomic E-state index is 12.4. The van der Waals surface area contributed by atoms with Crippen LogP contribution >= 0.6 is 0 Å². The van der Waals surface area contributed by atoms with Crippen LogP contribution in [0, 0.1) is 21.4 Å². The molecule has 20 heavy (non-hydrogen) atoms. The molecule has 7 heteroatoms. The molecule has 0 aliphatic heterocycles. The average Bonchev–Trinajstić information content (AvgIpc) is 2.45. The number of nitrogens with one attached hydrogen (secondary N) is 1. The van der Waals surface area contributed by atoms with Gasteiger partial charge in [-0.15, -0.1) is 0 Å². The summed E-state index contributed by atoms with van der Waals surface area (Å²) in [4.78, 5) is 24.0. The van der Waals surface area contributed by atoms with Gasteiger partial charge in [0.1, 0.15) is 0 Å². The fraction of sp³-hybridized carbons (Fsp3) is 0.385. The number of anilines is 1. The van der Waals surface area contributed by atoms with E-state index in [-0.39, 0.29) is 29.6 Å². The van der Waals surface area contributed by atoms with Crippen molar-refractivity contribution in [1.82, 2.24) is 4.90 Å². The summed E-state index contributed by atoms with van der Waals surface area (Å²) in [6, 6.07) is 5.80. The van der Waals surface area contributed by atoms with E-state index >= 15 is 0 Å². The molecule has 0 heterocycles. The number of carbonyl (C=O) groups is 1. The highest BCUT2D eigenvalue weighted by atomic mass is 16.6. The number of hydrogen-bond donors (Lipinski definition) is 1. The molecule has 0 bridgehead atoms. The summed E-state index contributed by atoms with van der Waals surface area (Å²) >= 11 is 0. The van der Waals surface area contributed by atoms with E-state index in [2.05, 4.69) is 5.32 Å². The van der Waals surface area contributed by atoms with Gasteiger partial charge in [-0.2, -0.15) is 5.26 Å². The van der Waals surface area contributed by atoms with Gasteiger partial charge in [0.05, 0.1) is 23.0 Å². The van der Waals surface area contributed by atoms with Gasteiger partial charge >= 0.3 is 0 Å². The van der Waals surface area contributed by atoms with Gasteiger partial charge in [-0.25, -0.2) is 0 Å². The van der Waals surface area contributed by atoms with Gasteiger partial charge in [-0.3, -0.25) is 14.9 Å². The van der Waals surface area contributed by atoms with E-state index in [1.165, 1.54) is 23.1 Å². The molecule has 1 atom stereocenters. The molecule has 0 aliphatic rings. The number of hydrogen-bond acceptors (Lipinski definition) is 5. The molecule has 1 unspecified atom stereocenters. The van der Waals surface area contributed by atoms with Crippen LogP contribution in [0.2, 0.25) is 0 Å². The molecule has 0 spiro atoms. The van der Waals surface area contributed by atoms with Gasteiger partial charge in [0.25, 0.3) is 11.6 Å². The fourth-order valence-electron chi connectivity index (χ4n) is 1.70. The van der Waals surface area contributed by atoms with E-state index in [4.69, 9.17) is 5.26 Å². The summed E-state index contributed by atoms with van der Waals surface area (Å²) in [5, 5.41) is 22.3. The smallest absolute Gasteiger partial charge is 0.270 e. The number of nitro benzene ring substituents is 1. The second kappa shape index (κ2) is 6.52. The number of carbonyl (C=O) groups excluding carboxylic acids is 1. The van der Waals surface area contributed by atoms with Crippen LogP contribution < -0.4 is 5.32 Å². The van der Waals surface area contributed by atoms with Crippen LogP contribution in [-0.2, 0) is 0 Å². The van der Waals surface area contributed by atoms with Crippen LogP contribution in [0.1, 0.15) is 23.7 Å². The van der Waals surface area contributed by atoms with Gasteiger partial charge in [-0.1, -0.05) is 0 Å². The summed E-state index contributed by atoms with van der Waals surface area (Å²) < 4.78 is 0. The summed E-state index contributed by atoms with van der Waals surface area (Å²) in [6.45, 7) is 1.75. The number of non-ortho nitro benzene ring substituents is 1. The van der Waals surface area contributed by atoms with Gasteiger partial charge < -0.3 is 10.2 Å². The predicted octanol–water partition coefficient (Wildman–Crippen LogP) is 2.01. The first-order valence-corrected chi connectivity index (χ1v) is 6.02. The Kier molecular flexibility index (Phi) is 5.03. The van der Waals surface area contributed by atoms with Crippen molar-refractivity contribution in [2.45, 2.75) is 19.4 Å². The molecule has 106 valence electrons. The second-order valence-electron chi connectivity index (χ2n) is 4.36. The van der Waals surface area contributed by atoms with Crippen molar-refractivity contribution in [3.63, 3.8) is 0 Å². The summed E-state index contributed by atoms with van der Waals surface area (Å²) in [5.41, 5.74) is 0.583. The lowest BCUT2D eigenvalue weighted by atomic mass is 10.1. The van der Waals surface area contributed by atoms with Crippen LogP contribution in [-0.4, -0.2) is 35.9 Å². The Hall–Kier alpha value is -2.62. The molecule has 1 N–H and O–H groups in total. The minimum atomic E-state index is -0.547. The molecule has 0 fully saturated rings. The van der Waals surface area contributed by atoms with Crippen molar-refractivity contribution in [3.8, 4) is 6.07 Å². The molecular formula is C13H16N4O3. The van der Waals surface area contributed by atoms with Gasteiger partial charge in [0.2, 0.25) is 0 Å². The summed E-state index contributed by atoms with van der Waals surface area (Å²) in [6.07, 6.45) is 0.200. The SMILES string of the molecule is CNc1ccc([N+](=O)[O-])cc1C(=O)N(C)C(C)CC#N. The molecule has 1 rings (SSSR count). The first-order valence-electron chi connectivity index (χ1n) is 6.02. The Labute approximate surface area is 117 Å². The zero-order valence-electron chi connectivity index (χ0n) is 11.6. The number of amides is 1. The number of nitrogens with zero attached hydrogens (tertiary/aromatic N) is 3. The van der Waals surface area contributed by atoms with E-state index in [0.29, 0.717) is 5.69 Å².